The predicted molar refractivity (Wildman–Crippen MR) is 49.1 cm³/mol. The van der Waals surface area contributed by atoms with Crippen LogP contribution in [0.25, 0.3) is 0 Å². The Bertz CT molecular complexity index is 352. The van der Waals surface area contributed by atoms with Crippen LogP contribution < -0.4 is 5.73 Å². The van der Waals surface area contributed by atoms with Crippen molar-refractivity contribution in [2.45, 2.75) is 13.0 Å². The molecule has 0 spiro atoms. The van der Waals surface area contributed by atoms with Crippen molar-refractivity contribution < 1.29 is 20.1 Å². The van der Waals surface area contributed by atoms with Gasteiger partial charge in [0.2, 0.25) is 0 Å². The summed E-state index contributed by atoms with van der Waals surface area (Å²) < 4.78 is 0. The summed E-state index contributed by atoms with van der Waals surface area (Å²) in [5, 5.41) is 27.2. The molecule has 0 bridgehead atoms. The topological polar surface area (TPSA) is 104 Å². The lowest BCUT2D eigenvalue weighted by molar-refractivity contribution is -0.138. The summed E-state index contributed by atoms with van der Waals surface area (Å²) in [7, 11) is 0. The lowest BCUT2D eigenvalue weighted by Crippen LogP contribution is -2.20. The number of phenols is 2. The van der Waals surface area contributed by atoms with Gasteiger partial charge in [0.05, 0.1) is 0 Å². The molecule has 0 saturated heterocycles. The molecule has 1 rings (SSSR count). The van der Waals surface area contributed by atoms with Crippen LogP contribution in [0.3, 0.4) is 0 Å². The van der Waals surface area contributed by atoms with Gasteiger partial charge in [-0.1, -0.05) is 0 Å². The Morgan fingerprint density at radius 2 is 1.79 bits per heavy atom. The lowest BCUT2D eigenvalue weighted by Gasteiger charge is -2.09. The molecule has 0 unspecified atom stereocenters. The molecule has 5 N–H and O–H groups in total. The second kappa shape index (κ2) is 3.55. The van der Waals surface area contributed by atoms with E-state index in [4.69, 9.17) is 10.8 Å². The van der Waals surface area contributed by atoms with Gasteiger partial charge in [-0.05, 0) is 24.6 Å². The molecule has 0 amide bonds. The van der Waals surface area contributed by atoms with Gasteiger partial charge in [-0.15, -0.1) is 0 Å². The van der Waals surface area contributed by atoms with Gasteiger partial charge >= 0.3 is 5.97 Å². The second-order valence-corrected chi connectivity index (χ2v) is 3.00. The first kappa shape index (κ1) is 10.3. The largest absolute Gasteiger partial charge is 0.508 e. The third-order valence-electron chi connectivity index (χ3n) is 2.00. The minimum atomic E-state index is -1.24. The van der Waals surface area contributed by atoms with E-state index < -0.39 is 12.0 Å². The quantitative estimate of drug-likeness (QED) is 0.552. The van der Waals surface area contributed by atoms with Crippen LogP contribution in [-0.2, 0) is 4.79 Å². The van der Waals surface area contributed by atoms with E-state index in [1.165, 1.54) is 19.1 Å². The molecular weight excluding hydrogens is 186 g/mol. The SMILES string of the molecule is Cc1c(O)cc([C@H](N)C(=O)O)cc1O. The zero-order chi connectivity index (χ0) is 10.9. The van der Waals surface area contributed by atoms with E-state index in [2.05, 4.69) is 0 Å². The number of carbonyl (C=O) groups is 1. The van der Waals surface area contributed by atoms with Crippen molar-refractivity contribution in [2.75, 3.05) is 0 Å². The molecule has 1 aromatic carbocycles. The Morgan fingerprint density at radius 3 is 2.14 bits per heavy atom. The number of aliphatic carboxylic acids is 1. The third-order valence-corrected chi connectivity index (χ3v) is 2.00. The molecule has 0 radical (unpaired) electrons. The zero-order valence-corrected chi connectivity index (χ0v) is 7.56. The number of carboxylic acid groups (broad SMARTS) is 1. The van der Waals surface area contributed by atoms with E-state index in [0.717, 1.165) is 0 Å². The normalized spacial score (nSPS) is 12.4. The van der Waals surface area contributed by atoms with Crippen molar-refractivity contribution in [3.63, 3.8) is 0 Å². The van der Waals surface area contributed by atoms with Gasteiger partial charge in [0.15, 0.2) is 0 Å². The minimum absolute atomic E-state index is 0.165. The fourth-order valence-corrected chi connectivity index (χ4v) is 1.03. The molecule has 0 heterocycles. The zero-order valence-electron chi connectivity index (χ0n) is 7.56. The van der Waals surface area contributed by atoms with Crippen molar-refractivity contribution in [3.8, 4) is 11.5 Å². The Labute approximate surface area is 80.4 Å². The van der Waals surface area contributed by atoms with Gasteiger partial charge in [0.25, 0.3) is 0 Å². The molecule has 0 saturated carbocycles. The number of hydrogen-bond acceptors (Lipinski definition) is 4. The molecule has 0 aliphatic rings. The summed E-state index contributed by atoms with van der Waals surface area (Å²) >= 11 is 0. The van der Waals surface area contributed by atoms with Crippen LogP contribution in [0.5, 0.6) is 11.5 Å². The van der Waals surface area contributed by atoms with Gasteiger partial charge in [-0.3, -0.25) is 4.79 Å². The number of hydrogen-bond donors (Lipinski definition) is 4. The van der Waals surface area contributed by atoms with E-state index in [0.29, 0.717) is 5.56 Å². The van der Waals surface area contributed by atoms with Crippen LogP contribution in [-0.4, -0.2) is 21.3 Å². The first-order valence-electron chi connectivity index (χ1n) is 3.94. The fraction of sp³-hybridized carbons (Fsp3) is 0.222. The minimum Gasteiger partial charge on any atom is -0.508 e. The van der Waals surface area contributed by atoms with Crippen molar-refractivity contribution in [2.24, 2.45) is 5.73 Å². The smallest absolute Gasteiger partial charge is 0.325 e. The predicted octanol–water partition coefficient (Wildman–Crippen LogP) is 0.491. The van der Waals surface area contributed by atoms with Gasteiger partial charge in [0.1, 0.15) is 17.5 Å². The average molecular weight is 197 g/mol. The second-order valence-electron chi connectivity index (χ2n) is 3.00. The first-order chi connectivity index (χ1) is 6.43. The van der Waals surface area contributed by atoms with E-state index >= 15 is 0 Å². The Hall–Kier alpha value is -1.75. The monoisotopic (exact) mass is 197 g/mol. The number of nitrogens with two attached hydrogens (primary N) is 1. The standard InChI is InChI=1S/C9H11NO4/c1-4-6(11)2-5(3-7(4)12)8(10)9(13)14/h2-3,8,11-12H,10H2,1H3,(H,13,14)/t8-/m0/s1. The summed E-state index contributed by atoms with van der Waals surface area (Å²) in [6.45, 7) is 1.51. The highest BCUT2D eigenvalue weighted by molar-refractivity contribution is 5.75. The number of rotatable bonds is 2. The van der Waals surface area contributed by atoms with Crippen LogP contribution in [0, 0.1) is 6.92 Å². The molecule has 0 aromatic heterocycles. The maximum Gasteiger partial charge on any atom is 0.325 e. The van der Waals surface area contributed by atoms with Crippen molar-refractivity contribution in [3.05, 3.63) is 23.3 Å². The molecule has 1 aromatic rings. The van der Waals surface area contributed by atoms with Crippen molar-refractivity contribution >= 4 is 5.97 Å². The Balaban J connectivity index is 3.19. The van der Waals surface area contributed by atoms with Crippen LogP contribution in [0.4, 0.5) is 0 Å². The molecule has 0 aliphatic heterocycles. The summed E-state index contributed by atoms with van der Waals surface area (Å²) in [5.74, 6) is -1.55. The number of aromatic hydroxyl groups is 2. The van der Waals surface area contributed by atoms with Gasteiger partial charge in [-0.2, -0.15) is 0 Å². The molecule has 5 nitrogen and oxygen atoms in total. The van der Waals surface area contributed by atoms with E-state index in [9.17, 15) is 15.0 Å². The number of carboxylic acids is 1. The Kier molecular flexibility index (Phi) is 2.62. The molecule has 1 atom stereocenters. The number of benzene rings is 1. The maximum atomic E-state index is 10.5. The van der Waals surface area contributed by atoms with Crippen LogP contribution in [0.2, 0.25) is 0 Å². The van der Waals surface area contributed by atoms with E-state index in [1.54, 1.807) is 0 Å². The maximum absolute atomic E-state index is 10.5. The van der Waals surface area contributed by atoms with Crippen molar-refractivity contribution in [1.82, 2.24) is 0 Å². The molecule has 0 fully saturated rings. The molecular formula is C9H11NO4. The fourth-order valence-electron chi connectivity index (χ4n) is 1.03. The van der Waals surface area contributed by atoms with E-state index in [1.807, 2.05) is 0 Å². The molecule has 5 heteroatoms. The van der Waals surface area contributed by atoms with Crippen molar-refractivity contribution in [1.29, 1.82) is 0 Å². The average Bonchev–Trinajstić information content (AvgIpc) is 2.12. The molecule has 76 valence electrons. The summed E-state index contributed by atoms with van der Waals surface area (Å²) in [5.41, 5.74) is 5.77. The molecule has 0 aliphatic carbocycles. The number of phenolic OH excluding ortho intramolecular Hbond substituents is 2. The highest BCUT2D eigenvalue weighted by atomic mass is 16.4. The summed E-state index contributed by atoms with van der Waals surface area (Å²) in [6.07, 6.45) is 0. The van der Waals surface area contributed by atoms with Gasteiger partial charge in [0, 0.05) is 5.56 Å². The highest BCUT2D eigenvalue weighted by Crippen LogP contribution is 2.29. The van der Waals surface area contributed by atoms with Crippen LogP contribution in [0.1, 0.15) is 17.2 Å². The van der Waals surface area contributed by atoms with Gasteiger partial charge < -0.3 is 21.1 Å². The highest BCUT2D eigenvalue weighted by Gasteiger charge is 2.17. The summed E-state index contributed by atoms with van der Waals surface area (Å²) in [4.78, 5) is 10.5. The van der Waals surface area contributed by atoms with Crippen LogP contribution >= 0.6 is 0 Å². The first-order valence-corrected chi connectivity index (χ1v) is 3.94. The van der Waals surface area contributed by atoms with E-state index in [-0.39, 0.29) is 17.1 Å². The van der Waals surface area contributed by atoms with Crippen LogP contribution in [0.15, 0.2) is 12.1 Å². The molecule has 14 heavy (non-hydrogen) atoms. The lowest BCUT2D eigenvalue weighted by atomic mass is 10.0. The van der Waals surface area contributed by atoms with Gasteiger partial charge in [-0.25, -0.2) is 0 Å². The summed E-state index contributed by atoms with van der Waals surface area (Å²) in [6, 6.07) is 1.22. The third kappa shape index (κ3) is 1.77. The Morgan fingerprint density at radius 1 is 1.36 bits per heavy atom.